The average molecular weight is 401 g/mol. The molecular formula is C21H28N4O2S. The Kier molecular flexibility index (Phi) is 6.67. The summed E-state index contributed by atoms with van der Waals surface area (Å²) in [6.07, 6.45) is 5.83. The van der Waals surface area contributed by atoms with Gasteiger partial charge in [0.15, 0.2) is 5.13 Å². The first-order valence-corrected chi connectivity index (χ1v) is 10.7. The number of hydrogen-bond donors (Lipinski definition) is 3. The van der Waals surface area contributed by atoms with E-state index in [9.17, 15) is 9.59 Å². The molecule has 0 saturated heterocycles. The number of amides is 3. The zero-order valence-corrected chi connectivity index (χ0v) is 17.5. The maximum atomic E-state index is 12.4. The number of benzene rings is 1. The normalized spacial score (nSPS) is 14.5. The van der Waals surface area contributed by atoms with Gasteiger partial charge in [0.25, 0.3) is 0 Å². The lowest BCUT2D eigenvalue weighted by Gasteiger charge is -2.22. The van der Waals surface area contributed by atoms with Gasteiger partial charge in [0.2, 0.25) is 5.91 Å². The van der Waals surface area contributed by atoms with Gasteiger partial charge < -0.3 is 10.6 Å². The maximum Gasteiger partial charge on any atom is 0.321 e. The third kappa shape index (κ3) is 5.55. The van der Waals surface area contributed by atoms with E-state index in [0.29, 0.717) is 10.8 Å². The lowest BCUT2D eigenvalue weighted by molar-refractivity contribution is -0.115. The van der Waals surface area contributed by atoms with E-state index in [4.69, 9.17) is 0 Å². The van der Waals surface area contributed by atoms with Crippen LogP contribution < -0.4 is 16.0 Å². The van der Waals surface area contributed by atoms with E-state index in [1.165, 1.54) is 36.2 Å². The van der Waals surface area contributed by atoms with Gasteiger partial charge in [-0.15, -0.1) is 11.3 Å². The van der Waals surface area contributed by atoms with Crippen LogP contribution in [-0.2, 0) is 11.2 Å². The zero-order valence-electron chi connectivity index (χ0n) is 16.7. The highest BCUT2D eigenvalue weighted by Crippen LogP contribution is 2.23. The van der Waals surface area contributed by atoms with Crippen molar-refractivity contribution in [3.8, 4) is 0 Å². The molecule has 0 atom stereocenters. The lowest BCUT2D eigenvalue weighted by Crippen LogP contribution is -2.39. The molecule has 2 aromatic rings. The van der Waals surface area contributed by atoms with E-state index in [1.54, 1.807) is 0 Å². The number of carbonyl (C=O) groups excluding carboxylic acids is 2. The number of anilines is 2. The molecule has 0 spiro atoms. The Hall–Kier alpha value is -2.41. The summed E-state index contributed by atoms with van der Waals surface area (Å²) in [6, 6.07) is 4.14. The van der Waals surface area contributed by atoms with Crippen molar-refractivity contribution in [1.29, 1.82) is 0 Å². The minimum atomic E-state index is -0.219. The summed E-state index contributed by atoms with van der Waals surface area (Å²) in [5.74, 6) is -0.112. The van der Waals surface area contributed by atoms with Gasteiger partial charge in [-0.1, -0.05) is 37.0 Å². The van der Waals surface area contributed by atoms with Gasteiger partial charge in [0, 0.05) is 17.1 Å². The van der Waals surface area contributed by atoms with Gasteiger partial charge in [-0.05, 0) is 44.7 Å². The van der Waals surface area contributed by atoms with Crippen molar-refractivity contribution in [2.45, 2.75) is 65.3 Å². The standard InChI is InChI=1S/C21H28N4O2S/c1-13-9-14(2)19(15(3)10-13)24-18(26)11-17-12-28-21(23-17)25-20(27)22-16-7-5-4-6-8-16/h9-10,12,16H,4-8,11H2,1-3H3,(H,24,26)(H2,22,23,25,27). The van der Waals surface area contributed by atoms with Crippen molar-refractivity contribution in [3.05, 3.63) is 39.9 Å². The second-order valence-corrected chi connectivity index (χ2v) is 8.43. The first-order chi connectivity index (χ1) is 13.4. The predicted molar refractivity (Wildman–Crippen MR) is 114 cm³/mol. The van der Waals surface area contributed by atoms with Crippen LogP contribution in [0, 0.1) is 20.8 Å². The highest BCUT2D eigenvalue weighted by Gasteiger charge is 2.17. The minimum Gasteiger partial charge on any atom is -0.335 e. The molecular weight excluding hydrogens is 372 g/mol. The number of nitrogens with zero attached hydrogens (tertiary/aromatic N) is 1. The fourth-order valence-electron chi connectivity index (χ4n) is 3.74. The fraction of sp³-hybridized carbons (Fsp3) is 0.476. The Morgan fingerprint density at radius 1 is 1.07 bits per heavy atom. The summed E-state index contributed by atoms with van der Waals surface area (Å²) in [7, 11) is 0. The van der Waals surface area contributed by atoms with Crippen LogP contribution in [0.15, 0.2) is 17.5 Å². The summed E-state index contributed by atoms with van der Waals surface area (Å²) in [5, 5.41) is 11.1. The molecule has 28 heavy (non-hydrogen) atoms. The molecule has 1 fully saturated rings. The van der Waals surface area contributed by atoms with Crippen molar-refractivity contribution >= 4 is 34.1 Å². The second-order valence-electron chi connectivity index (χ2n) is 7.58. The Morgan fingerprint density at radius 3 is 2.43 bits per heavy atom. The molecule has 3 N–H and O–H groups in total. The lowest BCUT2D eigenvalue weighted by atomic mass is 9.96. The quantitative estimate of drug-likeness (QED) is 0.680. The molecule has 0 unspecified atom stereocenters. The van der Waals surface area contributed by atoms with Crippen molar-refractivity contribution in [3.63, 3.8) is 0 Å². The smallest absolute Gasteiger partial charge is 0.321 e. The molecule has 0 aliphatic heterocycles. The van der Waals surface area contributed by atoms with Crippen molar-refractivity contribution in [1.82, 2.24) is 10.3 Å². The number of nitrogens with one attached hydrogen (secondary N) is 3. The van der Waals surface area contributed by atoms with Crippen LogP contribution >= 0.6 is 11.3 Å². The fourth-order valence-corrected chi connectivity index (χ4v) is 4.44. The Morgan fingerprint density at radius 2 is 1.75 bits per heavy atom. The van der Waals surface area contributed by atoms with E-state index >= 15 is 0 Å². The number of aromatic nitrogens is 1. The first-order valence-electron chi connectivity index (χ1n) is 9.80. The zero-order chi connectivity index (χ0) is 20.1. The molecule has 6 nitrogen and oxygen atoms in total. The Bertz CT molecular complexity index is 833. The van der Waals surface area contributed by atoms with Gasteiger partial charge >= 0.3 is 6.03 Å². The average Bonchev–Trinajstić information content (AvgIpc) is 3.05. The SMILES string of the molecule is Cc1cc(C)c(NC(=O)Cc2csc(NC(=O)NC3CCCCC3)n2)c(C)c1. The van der Waals surface area contributed by atoms with Crippen LogP contribution in [-0.4, -0.2) is 23.0 Å². The van der Waals surface area contributed by atoms with E-state index < -0.39 is 0 Å². The largest absolute Gasteiger partial charge is 0.335 e. The van der Waals surface area contributed by atoms with E-state index in [1.807, 2.05) is 26.2 Å². The van der Waals surface area contributed by atoms with Gasteiger partial charge in [-0.25, -0.2) is 9.78 Å². The molecule has 7 heteroatoms. The van der Waals surface area contributed by atoms with Gasteiger partial charge in [0.1, 0.15) is 0 Å². The van der Waals surface area contributed by atoms with Crippen LogP contribution in [0.2, 0.25) is 0 Å². The molecule has 3 rings (SSSR count). The van der Waals surface area contributed by atoms with Gasteiger partial charge in [0.05, 0.1) is 12.1 Å². The van der Waals surface area contributed by atoms with Crippen LogP contribution in [0.1, 0.15) is 54.5 Å². The number of carbonyl (C=O) groups is 2. The molecule has 1 saturated carbocycles. The van der Waals surface area contributed by atoms with E-state index in [2.05, 4.69) is 33.1 Å². The maximum absolute atomic E-state index is 12.4. The third-order valence-corrected chi connectivity index (χ3v) is 5.80. The third-order valence-electron chi connectivity index (χ3n) is 5.00. The van der Waals surface area contributed by atoms with Gasteiger partial charge in [-0.3, -0.25) is 10.1 Å². The monoisotopic (exact) mass is 400 g/mol. The number of urea groups is 1. The van der Waals surface area contributed by atoms with Crippen molar-refractivity contribution in [2.24, 2.45) is 0 Å². The molecule has 1 aliphatic rings. The second kappa shape index (κ2) is 9.19. The summed E-state index contributed by atoms with van der Waals surface area (Å²) >= 11 is 1.33. The molecule has 1 aromatic carbocycles. The van der Waals surface area contributed by atoms with Crippen LogP contribution in [0.3, 0.4) is 0 Å². The van der Waals surface area contributed by atoms with E-state index in [-0.39, 0.29) is 24.4 Å². The molecule has 3 amide bonds. The molecule has 1 heterocycles. The summed E-state index contributed by atoms with van der Waals surface area (Å²) in [6.45, 7) is 6.02. The summed E-state index contributed by atoms with van der Waals surface area (Å²) in [5.41, 5.74) is 4.78. The number of hydrogen-bond acceptors (Lipinski definition) is 4. The van der Waals surface area contributed by atoms with Crippen LogP contribution in [0.4, 0.5) is 15.6 Å². The van der Waals surface area contributed by atoms with Crippen LogP contribution in [0.25, 0.3) is 0 Å². The molecule has 1 aliphatic carbocycles. The van der Waals surface area contributed by atoms with Crippen molar-refractivity contribution < 1.29 is 9.59 Å². The highest BCUT2D eigenvalue weighted by molar-refractivity contribution is 7.13. The predicted octanol–water partition coefficient (Wildman–Crippen LogP) is 4.70. The number of aryl methyl sites for hydroxylation is 3. The number of thiazole rings is 1. The molecule has 0 radical (unpaired) electrons. The molecule has 150 valence electrons. The molecule has 1 aromatic heterocycles. The summed E-state index contributed by atoms with van der Waals surface area (Å²) < 4.78 is 0. The van der Waals surface area contributed by atoms with E-state index in [0.717, 1.165) is 29.7 Å². The van der Waals surface area contributed by atoms with Crippen molar-refractivity contribution in [2.75, 3.05) is 10.6 Å². The topological polar surface area (TPSA) is 83.1 Å². The summed E-state index contributed by atoms with van der Waals surface area (Å²) in [4.78, 5) is 28.9. The minimum absolute atomic E-state index is 0.112. The van der Waals surface area contributed by atoms with Gasteiger partial charge in [-0.2, -0.15) is 0 Å². The molecule has 0 bridgehead atoms. The highest BCUT2D eigenvalue weighted by atomic mass is 32.1. The number of rotatable bonds is 5. The Balaban J connectivity index is 1.52. The van der Waals surface area contributed by atoms with Crippen LogP contribution in [0.5, 0.6) is 0 Å². The Labute approximate surface area is 170 Å². The first kappa shape index (κ1) is 20.3.